The lowest BCUT2D eigenvalue weighted by molar-refractivity contribution is -0.127. The first kappa shape index (κ1) is 28.4. The molecule has 2 saturated carbocycles. The standard InChI is InChI=1S/C31H38N4O6/c1-40-24-15-23(16-25(17-24)41-2)32-28(36)19-34-27-10-6-5-9-26(27)30(38)35(31(34)39)18-20-11-13-21(14-12-20)29(37)33-22-7-3-4-8-22/h5-6,9-10,15-17,20-22H,3-4,7-8,11-14,18-19H2,1-2H3,(H,32,36)(H,33,37). The van der Waals surface area contributed by atoms with Gasteiger partial charge in [-0.2, -0.15) is 0 Å². The molecule has 0 spiro atoms. The fourth-order valence-corrected chi connectivity index (χ4v) is 6.16. The van der Waals surface area contributed by atoms with Crippen molar-refractivity contribution in [2.24, 2.45) is 11.8 Å². The van der Waals surface area contributed by atoms with Crippen LogP contribution in [0.5, 0.6) is 11.5 Å². The molecule has 2 aliphatic carbocycles. The van der Waals surface area contributed by atoms with Gasteiger partial charge >= 0.3 is 5.69 Å². The van der Waals surface area contributed by atoms with Crippen LogP contribution < -0.4 is 31.4 Å². The number of nitrogens with one attached hydrogen (secondary N) is 2. The lowest BCUT2D eigenvalue weighted by atomic mass is 9.81. The highest BCUT2D eigenvalue weighted by molar-refractivity contribution is 5.92. The van der Waals surface area contributed by atoms with Crippen LogP contribution in [-0.4, -0.2) is 41.2 Å². The first-order valence-electron chi connectivity index (χ1n) is 14.4. The molecular formula is C31H38N4O6. The van der Waals surface area contributed by atoms with Crippen LogP contribution in [0.3, 0.4) is 0 Å². The Labute approximate surface area is 238 Å². The zero-order valence-electron chi connectivity index (χ0n) is 23.7. The first-order valence-corrected chi connectivity index (χ1v) is 14.4. The van der Waals surface area contributed by atoms with Gasteiger partial charge in [0.1, 0.15) is 18.0 Å². The molecule has 41 heavy (non-hydrogen) atoms. The molecule has 0 bridgehead atoms. The molecule has 3 aromatic rings. The smallest absolute Gasteiger partial charge is 0.331 e. The van der Waals surface area contributed by atoms with E-state index in [0.717, 1.165) is 38.5 Å². The van der Waals surface area contributed by atoms with Crippen molar-refractivity contribution in [2.75, 3.05) is 19.5 Å². The zero-order valence-corrected chi connectivity index (χ0v) is 23.7. The van der Waals surface area contributed by atoms with Gasteiger partial charge in [0.25, 0.3) is 5.56 Å². The number of ether oxygens (including phenoxy) is 2. The Balaban J connectivity index is 1.32. The number of amides is 2. The van der Waals surface area contributed by atoms with E-state index in [9.17, 15) is 19.2 Å². The van der Waals surface area contributed by atoms with Gasteiger partial charge in [-0.05, 0) is 56.6 Å². The quantitative estimate of drug-likeness (QED) is 0.411. The number of nitrogens with zero attached hydrogens (tertiary/aromatic N) is 2. The number of aromatic nitrogens is 2. The van der Waals surface area contributed by atoms with Gasteiger partial charge < -0.3 is 20.1 Å². The molecule has 2 N–H and O–H groups in total. The van der Waals surface area contributed by atoms with Crippen LogP contribution in [0.15, 0.2) is 52.1 Å². The number of carbonyl (C=O) groups is 2. The van der Waals surface area contributed by atoms with Crippen LogP contribution in [0, 0.1) is 11.8 Å². The molecule has 0 aliphatic heterocycles. The van der Waals surface area contributed by atoms with E-state index >= 15 is 0 Å². The molecule has 1 heterocycles. The van der Waals surface area contributed by atoms with Gasteiger partial charge in [-0.25, -0.2) is 4.79 Å². The molecule has 0 saturated heterocycles. The molecule has 2 aliphatic rings. The van der Waals surface area contributed by atoms with Crippen molar-refractivity contribution in [1.82, 2.24) is 14.5 Å². The largest absolute Gasteiger partial charge is 0.497 e. The Kier molecular flexibility index (Phi) is 8.75. The normalized spacial score (nSPS) is 19.2. The van der Waals surface area contributed by atoms with Crippen LogP contribution in [0.4, 0.5) is 5.69 Å². The number of para-hydroxylation sites is 1. The molecule has 5 rings (SSSR count). The van der Waals surface area contributed by atoms with E-state index in [1.165, 1.54) is 36.2 Å². The number of rotatable bonds is 9. The Morgan fingerprint density at radius 3 is 2.20 bits per heavy atom. The maximum atomic E-state index is 13.7. The zero-order chi connectivity index (χ0) is 28.9. The lowest BCUT2D eigenvalue weighted by Crippen LogP contribution is -2.44. The fraction of sp³-hybridized carbons (Fsp3) is 0.484. The van der Waals surface area contributed by atoms with E-state index in [4.69, 9.17) is 9.47 Å². The SMILES string of the molecule is COc1cc(NC(=O)Cn2c(=O)n(CC3CCC(C(=O)NC4CCCC4)CC3)c(=O)c3ccccc32)cc(OC)c1. The molecule has 10 nitrogen and oxygen atoms in total. The highest BCUT2D eigenvalue weighted by Crippen LogP contribution is 2.30. The summed E-state index contributed by atoms with van der Waals surface area (Å²) in [4.78, 5) is 53.0. The summed E-state index contributed by atoms with van der Waals surface area (Å²) in [5, 5.41) is 6.39. The molecule has 0 atom stereocenters. The van der Waals surface area contributed by atoms with Crippen molar-refractivity contribution in [3.05, 3.63) is 63.3 Å². The lowest BCUT2D eigenvalue weighted by Gasteiger charge is -2.29. The van der Waals surface area contributed by atoms with Crippen LogP contribution >= 0.6 is 0 Å². The average molecular weight is 563 g/mol. The molecule has 0 radical (unpaired) electrons. The van der Waals surface area contributed by atoms with E-state index in [1.807, 2.05) is 0 Å². The molecule has 10 heteroatoms. The van der Waals surface area contributed by atoms with Crippen molar-refractivity contribution < 1.29 is 19.1 Å². The fourth-order valence-electron chi connectivity index (χ4n) is 6.16. The third kappa shape index (κ3) is 6.47. The number of anilines is 1. The summed E-state index contributed by atoms with van der Waals surface area (Å²) in [6.07, 6.45) is 7.48. The highest BCUT2D eigenvalue weighted by atomic mass is 16.5. The topological polar surface area (TPSA) is 121 Å². The Morgan fingerprint density at radius 2 is 1.54 bits per heavy atom. The van der Waals surface area contributed by atoms with E-state index in [2.05, 4.69) is 10.6 Å². The number of hydrogen-bond acceptors (Lipinski definition) is 6. The third-order valence-electron chi connectivity index (χ3n) is 8.43. The second-order valence-electron chi connectivity index (χ2n) is 11.2. The summed E-state index contributed by atoms with van der Waals surface area (Å²) in [6.45, 7) is -0.0125. The average Bonchev–Trinajstić information content (AvgIpc) is 3.50. The summed E-state index contributed by atoms with van der Waals surface area (Å²) < 4.78 is 13.2. The van der Waals surface area contributed by atoms with E-state index in [1.54, 1.807) is 42.5 Å². The molecule has 2 amide bonds. The second-order valence-corrected chi connectivity index (χ2v) is 11.2. The number of carbonyl (C=O) groups excluding carboxylic acids is 2. The van der Waals surface area contributed by atoms with Crippen LogP contribution in [0.1, 0.15) is 51.4 Å². The summed E-state index contributed by atoms with van der Waals surface area (Å²) in [7, 11) is 3.04. The number of methoxy groups -OCH3 is 2. The Morgan fingerprint density at radius 1 is 0.878 bits per heavy atom. The Bertz CT molecular complexity index is 1510. The van der Waals surface area contributed by atoms with E-state index < -0.39 is 11.6 Å². The minimum absolute atomic E-state index is 0.0178. The molecule has 0 unspecified atom stereocenters. The number of fused-ring (bicyclic) bond motifs is 1. The minimum atomic E-state index is -0.520. The van der Waals surface area contributed by atoms with Gasteiger partial charge in [0, 0.05) is 42.4 Å². The summed E-state index contributed by atoms with van der Waals surface area (Å²) >= 11 is 0. The minimum Gasteiger partial charge on any atom is -0.497 e. The maximum Gasteiger partial charge on any atom is 0.331 e. The van der Waals surface area contributed by atoms with Crippen LogP contribution in [-0.2, 0) is 22.7 Å². The Hall–Kier alpha value is -4.08. The van der Waals surface area contributed by atoms with Gasteiger partial charge in [-0.1, -0.05) is 25.0 Å². The molecule has 2 fully saturated rings. The molecule has 2 aromatic carbocycles. The second kappa shape index (κ2) is 12.6. The number of hydrogen-bond donors (Lipinski definition) is 2. The maximum absolute atomic E-state index is 13.7. The van der Waals surface area contributed by atoms with Crippen molar-refractivity contribution in [2.45, 2.75) is 70.5 Å². The monoisotopic (exact) mass is 562 g/mol. The van der Waals surface area contributed by atoms with Gasteiger partial charge in [-0.15, -0.1) is 0 Å². The highest BCUT2D eigenvalue weighted by Gasteiger charge is 2.29. The van der Waals surface area contributed by atoms with Crippen molar-refractivity contribution >= 4 is 28.4 Å². The third-order valence-corrected chi connectivity index (χ3v) is 8.43. The summed E-state index contributed by atoms with van der Waals surface area (Å²) in [6, 6.07) is 12.2. The predicted octanol–water partition coefficient (Wildman–Crippen LogP) is 3.68. The summed E-state index contributed by atoms with van der Waals surface area (Å²) in [5.74, 6) is 0.828. The predicted molar refractivity (Wildman–Crippen MR) is 156 cm³/mol. The van der Waals surface area contributed by atoms with Crippen molar-refractivity contribution in [3.63, 3.8) is 0 Å². The molecule has 1 aromatic heterocycles. The molecule has 218 valence electrons. The number of benzene rings is 2. The van der Waals surface area contributed by atoms with Crippen LogP contribution in [0.25, 0.3) is 10.9 Å². The first-order chi connectivity index (χ1) is 19.9. The van der Waals surface area contributed by atoms with Gasteiger partial charge in [-0.3, -0.25) is 23.5 Å². The van der Waals surface area contributed by atoms with Gasteiger partial charge in [0.2, 0.25) is 11.8 Å². The van der Waals surface area contributed by atoms with E-state index in [-0.39, 0.29) is 36.4 Å². The van der Waals surface area contributed by atoms with Gasteiger partial charge in [0.05, 0.1) is 25.1 Å². The van der Waals surface area contributed by atoms with E-state index in [0.29, 0.717) is 34.1 Å². The van der Waals surface area contributed by atoms with Crippen molar-refractivity contribution in [3.8, 4) is 11.5 Å². The van der Waals surface area contributed by atoms with Crippen LogP contribution in [0.2, 0.25) is 0 Å². The van der Waals surface area contributed by atoms with Crippen molar-refractivity contribution in [1.29, 1.82) is 0 Å². The molecular weight excluding hydrogens is 524 g/mol. The summed E-state index contributed by atoms with van der Waals surface area (Å²) in [5.41, 5.74) is -0.0101. The van der Waals surface area contributed by atoms with Gasteiger partial charge in [0.15, 0.2) is 0 Å².